The molecular weight excluding hydrogens is 513 g/mol. The molecule has 2 aromatic rings. The first-order chi connectivity index (χ1) is 18.2. The lowest BCUT2D eigenvalue weighted by Gasteiger charge is -2.43. The van der Waals surface area contributed by atoms with Crippen molar-refractivity contribution in [2.45, 2.75) is 25.4 Å². The molecule has 2 fully saturated rings. The minimum absolute atomic E-state index is 0.0160. The van der Waals surface area contributed by atoms with E-state index in [4.69, 9.17) is 25.8 Å². The second-order valence-electron chi connectivity index (χ2n) is 9.96. The molecule has 2 aromatic carbocycles. The van der Waals surface area contributed by atoms with Gasteiger partial charge in [-0.05, 0) is 49.9 Å². The number of carbonyl (C=O) groups excluding carboxylic acids is 2. The minimum atomic E-state index is -0.995. The second kappa shape index (κ2) is 12.8. The van der Waals surface area contributed by atoms with Gasteiger partial charge >= 0.3 is 0 Å². The number of amides is 2. The molecule has 0 spiro atoms. The molecule has 2 aliphatic heterocycles. The van der Waals surface area contributed by atoms with E-state index < -0.39 is 11.4 Å². The highest BCUT2D eigenvalue weighted by Crippen LogP contribution is 2.28. The predicted molar refractivity (Wildman–Crippen MR) is 142 cm³/mol. The number of benzene rings is 2. The van der Waals surface area contributed by atoms with Crippen molar-refractivity contribution in [1.82, 2.24) is 14.7 Å². The Morgan fingerprint density at radius 3 is 2.50 bits per heavy atom. The maximum atomic E-state index is 13.4. The number of aryl methyl sites for hydroxylation is 1. The number of hydrogen-bond donors (Lipinski definition) is 0. The van der Waals surface area contributed by atoms with Gasteiger partial charge in [0.2, 0.25) is 11.8 Å². The highest BCUT2D eigenvalue weighted by molar-refractivity contribution is 6.31. The van der Waals surface area contributed by atoms with Gasteiger partial charge in [0.05, 0.1) is 32.6 Å². The lowest BCUT2D eigenvalue weighted by atomic mass is 9.96. The van der Waals surface area contributed by atoms with Gasteiger partial charge in [-0.2, -0.15) is 0 Å². The van der Waals surface area contributed by atoms with Gasteiger partial charge in [-0.1, -0.05) is 17.7 Å². The van der Waals surface area contributed by atoms with Gasteiger partial charge in [0.1, 0.15) is 29.5 Å². The third kappa shape index (κ3) is 7.58. The fourth-order valence-corrected chi connectivity index (χ4v) is 4.76. The molecule has 38 heavy (non-hydrogen) atoms. The van der Waals surface area contributed by atoms with E-state index in [9.17, 15) is 14.0 Å². The number of likely N-dealkylation sites (N-methyl/N-ethyl adjacent to an activating group) is 1. The molecule has 0 unspecified atom stereocenters. The van der Waals surface area contributed by atoms with Crippen molar-refractivity contribution < 1.29 is 28.2 Å². The van der Waals surface area contributed by atoms with Crippen LogP contribution in [0.5, 0.6) is 11.5 Å². The van der Waals surface area contributed by atoms with Crippen LogP contribution in [-0.2, 0) is 14.3 Å². The Morgan fingerprint density at radius 2 is 1.76 bits per heavy atom. The van der Waals surface area contributed by atoms with E-state index in [0.29, 0.717) is 36.2 Å². The van der Waals surface area contributed by atoms with Crippen molar-refractivity contribution >= 4 is 23.4 Å². The van der Waals surface area contributed by atoms with Gasteiger partial charge in [0, 0.05) is 43.8 Å². The van der Waals surface area contributed by atoms with Crippen LogP contribution >= 0.6 is 11.6 Å². The molecule has 2 aliphatic rings. The number of ether oxygens (including phenoxy) is 3. The van der Waals surface area contributed by atoms with Crippen LogP contribution in [0.25, 0.3) is 0 Å². The van der Waals surface area contributed by atoms with Gasteiger partial charge < -0.3 is 28.9 Å². The summed E-state index contributed by atoms with van der Waals surface area (Å²) in [5.74, 6) is 0.460. The predicted octanol–water partition coefficient (Wildman–Crippen LogP) is 3.40. The van der Waals surface area contributed by atoms with E-state index in [0.717, 1.165) is 18.7 Å². The van der Waals surface area contributed by atoms with Crippen LogP contribution < -0.4 is 9.47 Å². The van der Waals surface area contributed by atoms with Gasteiger partial charge in [0.25, 0.3) is 0 Å². The summed E-state index contributed by atoms with van der Waals surface area (Å²) in [5, 5.41) is 0.642. The van der Waals surface area contributed by atoms with Crippen LogP contribution in [0.15, 0.2) is 42.5 Å². The van der Waals surface area contributed by atoms with Gasteiger partial charge in [0.15, 0.2) is 0 Å². The molecule has 10 heteroatoms. The maximum Gasteiger partial charge on any atom is 0.226 e. The average Bonchev–Trinajstić information content (AvgIpc) is 2.90. The Kier molecular flexibility index (Phi) is 9.46. The molecule has 2 amide bonds. The lowest BCUT2D eigenvalue weighted by molar-refractivity contribution is -0.166. The minimum Gasteiger partial charge on any atom is -0.493 e. The van der Waals surface area contributed by atoms with Crippen LogP contribution in [0.3, 0.4) is 0 Å². The summed E-state index contributed by atoms with van der Waals surface area (Å²) in [6.07, 6.45) is 0.225. The third-order valence-corrected chi connectivity index (χ3v) is 7.37. The third-order valence-electron chi connectivity index (χ3n) is 6.94. The Hall–Kier alpha value is -2.88. The Morgan fingerprint density at radius 1 is 1.00 bits per heavy atom. The largest absolute Gasteiger partial charge is 0.493 e. The summed E-state index contributed by atoms with van der Waals surface area (Å²) < 4.78 is 31.3. The van der Waals surface area contributed by atoms with Crippen LogP contribution in [0.4, 0.5) is 4.39 Å². The molecule has 0 aromatic heterocycles. The fourth-order valence-electron chi connectivity index (χ4n) is 4.64. The quantitative estimate of drug-likeness (QED) is 0.479. The number of carbonyl (C=O) groups is 2. The molecular formula is C28H35ClFN3O5. The molecule has 2 heterocycles. The standard InChI is InChI=1S/C28H35ClFN3O5/c1-21-16-24(6-7-25(21)29)37-20-28(18-27(35)32-11-9-31(2)10-12-32)19-33(13-15-38-28)26(34)8-14-36-23-5-3-4-22(30)17-23/h3-7,16-17H,8-15,18-20H2,1-2H3/t28-/m1/s1. The first-order valence-electron chi connectivity index (χ1n) is 12.9. The highest BCUT2D eigenvalue weighted by atomic mass is 35.5. The SMILES string of the molecule is Cc1cc(OC[C@@]2(CC(=O)N3CCN(C)CC3)CN(C(=O)CCOc3cccc(F)c3)CCO2)ccc1Cl. The van der Waals surface area contributed by atoms with E-state index in [2.05, 4.69) is 4.90 Å². The molecule has 1 atom stereocenters. The molecule has 8 nitrogen and oxygen atoms in total. The topological polar surface area (TPSA) is 71.6 Å². The summed E-state index contributed by atoms with van der Waals surface area (Å²) in [6, 6.07) is 11.2. The molecule has 2 saturated heterocycles. The molecule has 206 valence electrons. The summed E-state index contributed by atoms with van der Waals surface area (Å²) in [4.78, 5) is 32.1. The monoisotopic (exact) mass is 547 g/mol. The van der Waals surface area contributed by atoms with Gasteiger partial charge in [-0.15, -0.1) is 0 Å². The summed E-state index contributed by atoms with van der Waals surface area (Å²) in [7, 11) is 2.04. The van der Waals surface area contributed by atoms with E-state index in [1.165, 1.54) is 12.1 Å². The number of hydrogen-bond acceptors (Lipinski definition) is 6. The fraction of sp³-hybridized carbons (Fsp3) is 0.500. The van der Waals surface area contributed by atoms with E-state index in [1.54, 1.807) is 29.2 Å². The first kappa shape index (κ1) is 28.1. The Bertz CT molecular complexity index is 1130. The smallest absolute Gasteiger partial charge is 0.226 e. The van der Waals surface area contributed by atoms with Crippen molar-refractivity contribution in [1.29, 1.82) is 0 Å². The van der Waals surface area contributed by atoms with Crippen LogP contribution in [0, 0.1) is 12.7 Å². The second-order valence-corrected chi connectivity index (χ2v) is 10.4. The van der Waals surface area contributed by atoms with E-state index in [-0.39, 0.29) is 51.0 Å². The van der Waals surface area contributed by atoms with Gasteiger partial charge in [-0.3, -0.25) is 9.59 Å². The van der Waals surface area contributed by atoms with E-state index >= 15 is 0 Å². The highest BCUT2D eigenvalue weighted by Gasteiger charge is 2.42. The summed E-state index contributed by atoms with van der Waals surface area (Å²) >= 11 is 6.16. The average molecular weight is 548 g/mol. The molecule has 0 N–H and O–H groups in total. The number of nitrogens with zero attached hydrogens (tertiary/aromatic N) is 3. The Labute approximate surface area is 228 Å². The lowest BCUT2D eigenvalue weighted by Crippen LogP contribution is -2.59. The number of piperazine rings is 1. The maximum absolute atomic E-state index is 13.4. The summed E-state index contributed by atoms with van der Waals surface area (Å²) in [6.45, 7) is 5.98. The Balaban J connectivity index is 1.42. The van der Waals surface area contributed by atoms with Crippen molar-refractivity contribution in [3.8, 4) is 11.5 Å². The zero-order valence-electron chi connectivity index (χ0n) is 22.0. The van der Waals surface area contributed by atoms with Crippen molar-refractivity contribution in [3.05, 3.63) is 58.9 Å². The zero-order valence-corrected chi connectivity index (χ0v) is 22.7. The van der Waals surface area contributed by atoms with E-state index in [1.807, 2.05) is 24.9 Å². The molecule has 0 radical (unpaired) electrons. The van der Waals surface area contributed by atoms with Crippen LogP contribution in [0.2, 0.25) is 5.02 Å². The molecule has 4 rings (SSSR count). The molecule has 0 bridgehead atoms. The van der Waals surface area contributed by atoms with Crippen molar-refractivity contribution in [2.75, 3.05) is 66.1 Å². The van der Waals surface area contributed by atoms with Crippen LogP contribution in [0.1, 0.15) is 18.4 Å². The van der Waals surface area contributed by atoms with Crippen LogP contribution in [-0.4, -0.2) is 98.3 Å². The van der Waals surface area contributed by atoms with Gasteiger partial charge in [-0.25, -0.2) is 4.39 Å². The van der Waals surface area contributed by atoms with Crippen molar-refractivity contribution in [3.63, 3.8) is 0 Å². The normalized spacial score (nSPS) is 20.3. The molecule has 0 aliphatic carbocycles. The number of morpholine rings is 1. The summed E-state index contributed by atoms with van der Waals surface area (Å²) in [5.41, 5.74) is -0.114. The molecule has 0 saturated carbocycles. The zero-order chi connectivity index (χ0) is 27.1. The number of rotatable bonds is 9. The van der Waals surface area contributed by atoms with Crippen molar-refractivity contribution in [2.24, 2.45) is 0 Å². The first-order valence-corrected chi connectivity index (χ1v) is 13.3. The number of halogens is 2.